The van der Waals surface area contributed by atoms with Gasteiger partial charge in [-0.25, -0.2) is 9.97 Å². The average molecular weight is 632 g/mol. The van der Waals surface area contributed by atoms with E-state index in [4.69, 9.17) is 9.97 Å². The average Bonchev–Trinajstić information content (AvgIpc) is 3.69. The van der Waals surface area contributed by atoms with Crippen molar-refractivity contribution in [3.8, 4) is 39.6 Å². The first kappa shape index (κ1) is 27.3. The number of aromatic nitrogens is 3. The molecule has 3 heterocycles. The summed E-state index contributed by atoms with van der Waals surface area (Å²) in [5.74, 6) is 1.11. The lowest BCUT2D eigenvalue weighted by Gasteiger charge is -2.21. The maximum atomic E-state index is 5.42. The van der Waals surface area contributed by atoms with Crippen molar-refractivity contribution in [3.63, 3.8) is 0 Å². The van der Waals surface area contributed by atoms with Gasteiger partial charge >= 0.3 is 0 Å². The minimum Gasteiger partial charge on any atom is -0.278 e. The van der Waals surface area contributed by atoms with E-state index in [-0.39, 0.29) is 0 Å². The Hall–Kier alpha value is -5.84. The Balaban J connectivity index is 1.23. The minimum atomic E-state index is 0.440. The van der Waals surface area contributed by atoms with E-state index in [0.29, 0.717) is 11.9 Å². The molecule has 226 valence electrons. The summed E-state index contributed by atoms with van der Waals surface area (Å²) in [6.07, 6.45) is 12.3. The normalized spacial score (nSPS) is 15.2. The molecule has 0 aliphatic heterocycles. The Morgan fingerprint density at radius 3 is 2.23 bits per heavy atom. The van der Waals surface area contributed by atoms with E-state index in [0.717, 1.165) is 40.0 Å². The highest BCUT2D eigenvalue weighted by molar-refractivity contribution is 7.20. The third-order valence-corrected chi connectivity index (χ3v) is 11.0. The molecule has 0 saturated carbocycles. The second-order valence-corrected chi connectivity index (χ2v) is 13.6. The molecule has 0 bridgehead atoms. The molecule has 2 aliphatic carbocycles. The predicted molar refractivity (Wildman–Crippen MR) is 202 cm³/mol. The first-order chi connectivity index (χ1) is 23.8. The lowest BCUT2D eigenvalue weighted by Crippen LogP contribution is -2.09. The fraction of sp³-hybridized carbons (Fsp3) is 0.0455. The van der Waals surface area contributed by atoms with Crippen molar-refractivity contribution in [2.75, 3.05) is 0 Å². The van der Waals surface area contributed by atoms with Crippen LogP contribution in [0.3, 0.4) is 0 Å². The Kier molecular flexibility index (Phi) is 6.18. The molecule has 10 rings (SSSR count). The van der Waals surface area contributed by atoms with Crippen molar-refractivity contribution in [1.82, 2.24) is 14.5 Å². The summed E-state index contributed by atoms with van der Waals surface area (Å²) in [6, 6.07) is 45.3. The number of allylic oxidation sites excluding steroid dienone is 5. The monoisotopic (exact) mass is 631 g/mol. The summed E-state index contributed by atoms with van der Waals surface area (Å²) < 4.78 is 3.53. The zero-order valence-electron chi connectivity index (χ0n) is 26.0. The van der Waals surface area contributed by atoms with E-state index in [9.17, 15) is 0 Å². The molecule has 48 heavy (non-hydrogen) atoms. The summed E-state index contributed by atoms with van der Waals surface area (Å²) >= 11 is 1.89. The van der Waals surface area contributed by atoms with Crippen molar-refractivity contribution >= 4 is 49.3 Å². The standard InChI is InChI=1S/C44H29N3S/c1-3-12-28(13-4-1)32-22-23-34-33-18-9-10-21-40(33)47(41(34)25-32)44-45-38(29-14-5-2-6-15-29)27-39(46-44)36-20-11-19-35-37-24-30-16-7-8-17-31(30)26-42(37)48-43(35)36/h1-23,25-27,30H,24H2. The number of fused-ring (bicyclic) bond motifs is 7. The first-order valence-corrected chi connectivity index (χ1v) is 17.2. The van der Waals surface area contributed by atoms with Crippen LogP contribution in [0.5, 0.6) is 0 Å². The Bertz CT molecular complexity index is 2640. The lowest BCUT2D eigenvalue weighted by atomic mass is 9.83. The highest BCUT2D eigenvalue weighted by atomic mass is 32.1. The second kappa shape index (κ2) is 10.9. The summed E-state index contributed by atoms with van der Waals surface area (Å²) in [6.45, 7) is 0. The maximum absolute atomic E-state index is 5.42. The van der Waals surface area contributed by atoms with Gasteiger partial charge in [0.15, 0.2) is 0 Å². The molecule has 0 spiro atoms. The Labute approximate surface area is 282 Å². The van der Waals surface area contributed by atoms with Crippen molar-refractivity contribution in [3.05, 3.63) is 168 Å². The number of benzene rings is 5. The Morgan fingerprint density at radius 2 is 1.35 bits per heavy atom. The molecule has 1 atom stereocenters. The van der Waals surface area contributed by atoms with Crippen molar-refractivity contribution in [1.29, 1.82) is 0 Å². The molecule has 5 aromatic carbocycles. The lowest BCUT2D eigenvalue weighted by molar-refractivity contribution is 0.767. The molecular weight excluding hydrogens is 603 g/mol. The van der Waals surface area contributed by atoms with Gasteiger partial charge in [-0.3, -0.25) is 4.57 Å². The largest absolute Gasteiger partial charge is 0.278 e. The molecule has 3 aromatic heterocycles. The number of nitrogens with zero attached hydrogens (tertiary/aromatic N) is 3. The third-order valence-electron chi connectivity index (χ3n) is 9.78. The summed E-state index contributed by atoms with van der Waals surface area (Å²) in [5.41, 5.74) is 11.4. The van der Waals surface area contributed by atoms with Crippen LogP contribution in [0, 0.1) is 5.92 Å². The van der Waals surface area contributed by atoms with Gasteiger partial charge in [-0.1, -0.05) is 133 Å². The van der Waals surface area contributed by atoms with Crippen LogP contribution < -0.4 is 0 Å². The molecule has 3 nitrogen and oxygen atoms in total. The van der Waals surface area contributed by atoms with Gasteiger partial charge in [0.25, 0.3) is 0 Å². The zero-order valence-corrected chi connectivity index (χ0v) is 26.9. The number of hydrogen-bond acceptors (Lipinski definition) is 3. The fourth-order valence-electron chi connectivity index (χ4n) is 7.46. The number of hydrogen-bond donors (Lipinski definition) is 0. The van der Waals surface area contributed by atoms with Gasteiger partial charge in [0, 0.05) is 37.4 Å². The van der Waals surface area contributed by atoms with Crippen molar-refractivity contribution < 1.29 is 0 Å². The van der Waals surface area contributed by atoms with Gasteiger partial charge in [0.2, 0.25) is 5.95 Å². The zero-order chi connectivity index (χ0) is 31.6. The van der Waals surface area contributed by atoms with Crippen LogP contribution in [0.2, 0.25) is 0 Å². The predicted octanol–water partition coefficient (Wildman–Crippen LogP) is 11.5. The number of rotatable bonds is 4. The molecule has 0 saturated heterocycles. The SMILES string of the molecule is C1=CC2=Cc3sc4c(-c5cc(-c6ccccc6)nc(-n6c7ccccc7c7ccc(-c8ccccc8)cc76)n5)cccc4c3CC2C=C1. The quantitative estimate of drug-likeness (QED) is 0.193. The van der Waals surface area contributed by atoms with E-state index in [2.05, 4.69) is 162 Å². The first-order valence-electron chi connectivity index (χ1n) is 16.4. The van der Waals surface area contributed by atoms with Gasteiger partial charge in [-0.2, -0.15) is 0 Å². The minimum absolute atomic E-state index is 0.440. The molecule has 0 amide bonds. The topological polar surface area (TPSA) is 30.7 Å². The van der Waals surface area contributed by atoms with E-state index < -0.39 is 0 Å². The molecule has 4 heteroatoms. The maximum Gasteiger partial charge on any atom is 0.235 e. The van der Waals surface area contributed by atoms with Crippen LogP contribution in [0.25, 0.3) is 77.6 Å². The van der Waals surface area contributed by atoms with E-state index >= 15 is 0 Å². The number of para-hydroxylation sites is 1. The van der Waals surface area contributed by atoms with Crippen LogP contribution >= 0.6 is 11.3 Å². The molecule has 0 fully saturated rings. The number of thiophene rings is 1. The highest BCUT2D eigenvalue weighted by Crippen LogP contribution is 2.45. The van der Waals surface area contributed by atoms with Crippen LogP contribution in [0.4, 0.5) is 0 Å². The van der Waals surface area contributed by atoms with Gasteiger partial charge < -0.3 is 0 Å². The van der Waals surface area contributed by atoms with Crippen molar-refractivity contribution in [2.45, 2.75) is 6.42 Å². The Morgan fingerprint density at radius 1 is 0.604 bits per heavy atom. The summed E-state index contributed by atoms with van der Waals surface area (Å²) in [5, 5.41) is 3.70. The fourth-order valence-corrected chi connectivity index (χ4v) is 8.77. The van der Waals surface area contributed by atoms with Crippen LogP contribution in [-0.4, -0.2) is 14.5 Å². The van der Waals surface area contributed by atoms with Crippen LogP contribution in [0.1, 0.15) is 10.4 Å². The summed E-state index contributed by atoms with van der Waals surface area (Å²) in [7, 11) is 0. The highest BCUT2D eigenvalue weighted by Gasteiger charge is 2.25. The van der Waals surface area contributed by atoms with Gasteiger partial charge in [0.05, 0.1) is 22.4 Å². The molecule has 8 aromatic rings. The molecule has 1 unspecified atom stereocenters. The molecule has 2 aliphatic rings. The van der Waals surface area contributed by atoms with E-state index in [1.54, 1.807) is 0 Å². The molecule has 0 N–H and O–H groups in total. The van der Waals surface area contributed by atoms with Crippen LogP contribution in [-0.2, 0) is 6.42 Å². The van der Waals surface area contributed by atoms with Crippen LogP contribution in [0.15, 0.2) is 157 Å². The van der Waals surface area contributed by atoms with E-state index in [1.165, 1.54) is 48.0 Å². The van der Waals surface area contributed by atoms with E-state index in [1.807, 2.05) is 11.3 Å². The smallest absolute Gasteiger partial charge is 0.235 e. The van der Waals surface area contributed by atoms with Crippen molar-refractivity contribution in [2.24, 2.45) is 5.92 Å². The molecular formula is C44H29N3S. The summed E-state index contributed by atoms with van der Waals surface area (Å²) in [4.78, 5) is 12.1. The van der Waals surface area contributed by atoms with Gasteiger partial charge in [-0.15, -0.1) is 11.3 Å². The second-order valence-electron chi connectivity index (χ2n) is 12.6. The third kappa shape index (κ3) is 4.34. The van der Waals surface area contributed by atoms with Gasteiger partial charge in [-0.05, 0) is 58.3 Å². The van der Waals surface area contributed by atoms with Gasteiger partial charge in [0.1, 0.15) is 0 Å². The molecule has 0 radical (unpaired) electrons.